The van der Waals surface area contributed by atoms with Crippen LogP contribution in [0.3, 0.4) is 0 Å². The molecule has 1 heterocycles. The van der Waals surface area contributed by atoms with Gasteiger partial charge in [-0.05, 0) is 33.2 Å². The van der Waals surface area contributed by atoms with Crippen LogP contribution < -0.4 is 5.32 Å². The Morgan fingerprint density at radius 2 is 1.88 bits per heavy atom. The Labute approximate surface area is 99.5 Å². The van der Waals surface area contributed by atoms with E-state index in [0.717, 1.165) is 25.7 Å². The van der Waals surface area contributed by atoms with Crippen LogP contribution in [0.2, 0.25) is 0 Å². The highest BCUT2D eigenvalue weighted by molar-refractivity contribution is 4.92. The minimum absolute atomic E-state index is 0.395. The van der Waals surface area contributed by atoms with E-state index in [-0.39, 0.29) is 0 Å². The van der Waals surface area contributed by atoms with Crippen molar-refractivity contribution in [2.75, 3.05) is 19.6 Å². The monoisotopic (exact) mass is 226 g/mol. The van der Waals surface area contributed by atoms with Crippen LogP contribution in [0.25, 0.3) is 0 Å². The minimum atomic E-state index is 0.395. The van der Waals surface area contributed by atoms with Gasteiger partial charge < -0.3 is 10.1 Å². The Hall–Kier alpha value is -0.120. The Bertz CT molecular complexity index is 212. The molecule has 2 rings (SSSR count). The predicted octanol–water partition coefficient (Wildman–Crippen LogP) is 1.63. The van der Waals surface area contributed by atoms with Gasteiger partial charge in [0.05, 0.1) is 12.2 Å². The molecule has 0 spiro atoms. The molecule has 1 saturated heterocycles. The van der Waals surface area contributed by atoms with E-state index in [4.69, 9.17) is 4.74 Å². The summed E-state index contributed by atoms with van der Waals surface area (Å²) in [7, 11) is 0. The van der Waals surface area contributed by atoms with Gasteiger partial charge >= 0.3 is 0 Å². The maximum absolute atomic E-state index is 5.81. The molecule has 1 saturated carbocycles. The molecular formula is C13H26N2O. The summed E-state index contributed by atoms with van der Waals surface area (Å²) >= 11 is 0. The lowest BCUT2D eigenvalue weighted by molar-refractivity contribution is -0.0820. The minimum Gasteiger partial charge on any atom is -0.373 e. The van der Waals surface area contributed by atoms with Gasteiger partial charge in [-0.25, -0.2) is 0 Å². The largest absolute Gasteiger partial charge is 0.373 e. The quantitative estimate of drug-likeness (QED) is 0.791. The van der Waals surface area contributed by atoms with Crippen molar-refractivity contribution in [2.24, 2.45) is 0 Å². The molecule has 0 aromatic rings. The molecule has 0 aromatic carbocycles. The average molecular weight is 226 g/mol. The van der Waals surface area contributed by atoms with Gasteiger partial charge in [-0.3, -0.25) is 4.90 Å². The van der Waals surface area contributed by atoms with Crippen LogP contribution in [0.4, 0.5) is 0 Å². The standard InChI is InChI=1S/C13H26N2O/c1-4-14-12-6-5-7-13(12)15-8-10(2)16-11(3)9-15/h10-14H,4-9H2,1-3H3. The molecule has 4 atom stereocenters. The molecule has 1 aliphatic carbocycles. The lowest BCUT2D eigenvalue weighted by Crippen LogP contribution is -2.54. The van der Waals surface area contributed by atoms with Gasteiger partial charge in [-0.15, -0.1) is 0 Å². The summed E-state index contributed by atoms with van der Waals surface area (Å²) in [6.07, 6.45) is 4.87. The third-order valence-corrected chi connectivity index (χ3v) is 3.86. The number of rotatable bonds is 3. The van der Waals surface area contributed by atoms with E-state index in [9.17, 15) is 0 Å². The fraction of sp³-hybridized carbons (Fsp3) is 1.00. The topological polar surface area (TPSA) is 24.5 Å². The van der Waals surface area contributed by atoms with Gasteiger partial charge in [0.1, 0.15) is 0 Å². The first-order chi connectivity index (χ1) is 7.70. The van der Waals surface area contributed by atoms with E-state index >= 15 is 0 Å². The van der Waals surface area contributed by atoms with E-state index in [1.54, 1.807) is 0 Å². The molecule has 0 amide bonds. The number of morpholine rings is 1. The Morgan fingerprint density at radius 3 is 2.50 bits per heavy atom. The number of ether oxygens (including phenoxy) is 1. The van der Waals surface area contributed by atoms with E-state index in [2.05, 4.69) is 31.0 Å². The zero-order chi connectivity index (χ0) is 11.5. The molecule has 1 aliphatic heterocycles. The van der Waals surface area contributed by atoms with Crippen molar-refractivity contribution >= 4 is 0 Å². The van der Waals surface area contributed by atoms with Crippen LogP contribution in [0.5, 0.6) is 0 Å². The van der Waals surface area contributed by atoms with Crippen LogP contribution >= 0.6 is 0 Å². The van der Waals surface area contributed by atoms with Crippen molar-refractivity contribution in [3.63, 3.8) is 0 Å². The average Bonchev–Trinajstić information content (AvgIpc) is 2.65. The molecule has 94 valence electrons. The molecule has 3 nitrogen and oxygen atoms in total. The Morgan fingerprint density at radius 1 is 1.19 bits per heavy atom. The highest BCUT2D eigenvalue weighted by Gasteiger charge is 2.35. The van der Waals surface area contributed by atoms with Gasteiger partial charge in [0.15, 0.2) is 0 Å². The third kappa shape index (κ3) is 2.76. The van der Waals surface area contributed by atoms with E-state index in [1.807, 2.05) is 0 Å². The zero-order valence-corrected chi connectivity index (χ0v) is 10.9. The summed E-state index contributed by atoms with van der Waals surface area (Å²) in [6, 6.07) is 1.45. The van der Waals surface area contributed by atoms with Crippen LogP contribution in [0, 0.1) is 0 Å². The summed E-state index contributed by atoms with van der Waals surface area (Å²) in [5, 5.41) is 3.64. The summed E-state index contributed by atoms with van der Waals surface area (Å²) in [4.78, 5) is 2.65. The molecule has 0 radical (unpaired) electrons. The normalized spacial score (nSPS) is 41.4. The van der Waals surface area contributed by atoms with Crippen molar-refractivity contribution < 1.29 is 4.74 Å². The molecule has 1 N–H and O–H groups in total. The highest BCUT2D eigenvalue weighted by Crippen LogP contribution is 2.26. The maximum atomic E-state index is 5.81. The van der Waals surface area contributed by atoms with Crippen molar-refractivity contribution in [3.8, 4) is 0 Å². The molecule has 2 fully saturated rings. The summed E-state index contributed by atoms with van der Waals surface area (Å²) in [5.74, 6) is 0. The lowest BCUT2D eigenvalue weighted by Gasteiger charge is -2.41. The molecule has 3 heteroatoms. The summed E-state index contributed by atoms with van der Waals surface area (Å²) in [5.41, 5.74) is 0. The second kappa shape index (κ2) is 5.48. The SMILES string of the molecule is CCNC1CCCC1N1CC(C)OC(C)C1. The second-order valence-corrected chi connectivity index (χ2v) is 5.37. The van der Waals surface area contributed by atoms with Crippen molar-refractivity contribution in [1.29, 1.82) is 0 Å². The predicted molar refractivity (Wildman–Crippen MR) is 66.7 cm³/mol. The van der Waals surface area contributed by atoms with Gasteiger partial charge in [0.2, 0.25) is 0 Å². The summed E-state index contributed by atoms with van der Waals surface area (Å²) < 4.78 is 5.81. The van der Waals surface area contributed by atoms with E-state index in [1.165, 1.54) is 19.3 Å². The first-order valence-corrected chi connectivity index (χ1v) is 6.83. The van der Waals surface area contributed by atoms with Gasteiger partial charge in [-0.2, -0.15) is 0 Å². The van der Waals surface area contributed by atoms with Gasteiger partial charge in [0.25, 0.3) is 0 Å². The summed E-state index contributed by atoms with van der Waals surface area (Å²) in [6.45, 7) is 9.91. The van der Waals surface area contributed by atoms with Crippen molar-refractivity contribution in [3.05, 3.63) is 0 Å². The maximum Gasteiger partial charge on any atom is 0.0678 e. The van der Waals surface area contributed by atoms with E-state index in [0.29, 0.717) is 18.2 Å². The molecule has 0 bridgehead atoms. The lowest BCUT2D eigenvalue weighted by atomic mass is 10.1. The number of hydrogen-bond donors (Lipinski definition) is 1. The zero-order valence-electron chi connectivity index (χ0n) is 10.9. The number of nitrogens with one attached hydrogen (secondary N) is 1. The molecule has 16 heavy (non-hydrogen) atoms. The molecule has 2 aliphatic rings. The first-order valence-electron chi connectivity index (χ1n) is 6.83. The van der Waals surface area contributed by atoms with Crippen LogP contribution in [-0.4, -0.2) is 48.8 Å². The van der Waals surface area contributed by atoms with Gasteiger partial charge in [-0.1, -0.05) is 13.3 Å². The molecule has 0 aromatic heterocycles. The van der Waals surface area contributed by atoms with Crippen molar-refractivity contribution in [1.82, 2.24) is 10.2 Å². The molecular weight excluding hydrogens is 200 g/mol. The third-order valence-electron chi connectivity index (χ3n) is 3.86. The van der Waals surface area contributed by atoms with E-state index < -0.39 is 0 Å². The van der Waals surface area contributed by atoms with Gasteiger partial charge in [0, 0.05) is 25.2 Å². The smallest absolute Gasteiger partial charge is 0.0678 e. The van der Waals surface area contributed by atoms with Crippen LogP contribution in [0.1, 0.15) is 40.0 Å². The number of likely N-dealkylation sites (N-methyl/N-ethyl adjacent to an activating group) is 1. The number of hydrogen-bond acceptors (Lipinski definition) is 3. The van der Waals surface area contributed by atoms with Crippen molar-refractivity contribution in [2.45, 2.75) is 64.3 Å². The van der Waals surface area contributed by atoms with Crippen LogP contribution in [0.15, 0.2) is 0 Å². The van der Waals surface area contributed by atoms with Crippen LogP contribution in [-0.2, 0) is 4.74 Å². The number of nitrogens with zero attached hydrogens (tertiary/aromatic N) is 1. The Kier molecular flexibility index (Phi) is 4.22. The highest BCUT2D eigenvalue weighted by atomic mass is 16.5. The Balaban J connectivity index is 1.94. The fourth-order valence-corrected chi connectivity index (χ4v) is 3.37. The molecule has 4 unspecified atom stereocenters. The fourth-order valence-electron chi connectivity index (χ4n) is 3.37. The second-order valence-electron chi connectivity index (χ2n) is 5.37. The first kappa shape index (κ1) is 12.3.